The lowest BCUT2D eigenvalue weighted by Gasteiger charge is -2.32. The molecule has 1 aliphatic carbocycles. The van der Waals surface area contributed by atoms with Crippen LogP contribution in [0.3, 0.4) is 0 Å². The van der Waals surface area contributed by atoms with Gasteiger partial charge in [0.1, 0.15) is 11.9 Å². The number of carbonyl (C=O) groups is 1. The maximum absolute atomic E-state index is 12.9. The van der Waals surface area contributed by atoms with E-state index in [1.807, 2.05) is 49.7 Å². The average molecular weight is 478 g/mol. The highest BCUT2D eigenvalue weighted by atomic mass is 35.5. The molecule has 34 heavy (non-hydrogen) atoms. The van der Waals surface area contributed by atoms with Crippen molar-refractivity contribution in [1.29, 1.82) is 0 Å². The van der Waals surface area contributed by atoms with Crippen molar-refractivity contribution in [3.63, 3.8) is 0 Å². The highest BCUT2D eigenvalue weighted by Gasteiger charge is 2.34. The maximum atomic E-state index is 12.9. The third-order valence-electron chi connectivity index (χ3n) is 6.28. The summed E-state index contributed by atoms with van der Waals surface area (Å²) in [6, 6.07) is 12.2. The summed E-state index contributed by atoms with van der Waals surface area (Å²) in [6.07, 6.45) is 7.72. The predicted molar refractivity (Wildman–Crippen MR) is 130 cm³/mol. The largest absolute Gasteiger partial charge is 0.444 e. The van der Waals surface area contributed by atoms with E-state index < -0.39 is 10.5 Å². The van der Waals surface area contributed by atoms with Gasteiger partial charge in [0, 0.05) is 6.20 Å². The van der Waals surface area contributed by atoms with Crippen molar-refractivity contribution in [2.45, 2.75) is 63.6 Å². The van der Waals surface area contributed by atoms with Crippen LogP contribution in [0.5, 0.6) is 0 Å². The van der Waals surface area contributed by atoms with Gasteiger partial charge in [-0.05, 0) is 74.9 Å². The van der Waals surface area contributed by atoms with Crippen LogP contribution in [0.25, 0.3) is 11.3 Å². The van der Waals surface area contributed by atoms with Crippen molar-refractivity contribution < 1.29 is 9.53 Å². The molecule has 0 N–H and O–H groups in total. The van der Waals surface area contributed by atoms with Gasteiger partial charge in [0.2, 0.25) is 0 Å². The number of rotatable bonds is 2. The predicted octanol–water partition coefficient (Wildman–Crippen LogP) is 5.61. The molecule has 8 heteroatoms. The van der Waals surface area contributed by atoms with Gasteiger partial charge in [-0.2, -0.15) is 0 Å². The summed E-state index contributed by atoms with van der Waals surface area (Å²) in [5.41, 5.74) is 4.65. The molecule has 3 heterocycles. The van der Waals surface area contributed by atoms with E-state index in [9.17, 15) is 4.79 Å². The van der Waals surface area contributed by atoms with Crippen molar-refractivity contribution in [3.05, 3.63) is 77.6 Å². The topological polar surface area (TPSA) is 73.1 Å². The third-order valence-corrected chi connectivity index (χ3v) is 6.84. The van der Waals surface area contributed by atoms with Crippen molar-refractivity contribution >= 4 is 23.3 Å². The molecule has 0 radical (unpaired) electrons. The van der Waals surface area contributed by atoms with Gasteiger partial charge in [0.15, 0.2) is 5.82 Å². The van der Waals surface area contributed by atoms with Crippen molar-refractivity contribution in [2.24, 2.45) is 0 Å². The van der Waals surface area contributed by atoms with Gasteiger partial charge in [-0.1, -0.05) is 24.3 Å². The molecular weight excluding hydrogens is 450 g/mol. The number of pyridine rings is 1. The Kier molecular flexibility index (Phi) is 5.68. The van der Waals surface area contributed by atoms with Gasteiger partial charge < -0.3 is 4.74 Å². The summed E-state index contributed by atoms with van der Waals surface area (Å²) in [6.45, 7) is 6.32. The van der Waals surface area contributed by atoms with E-state index in [1.165, 1.54) is 5.57 Å². The number of nitrogens with zero attached hydrogens (tertiary/aromatic N) is 5. The minimum absolute atomic E-state index is 0.321. The van der Waals surface area contributed by atoms with Gasteiger partial charge in [0.05, 0.1) is 29.3 Å². The summed E-state index contributed by atoms with van der Waals surface area (Å²) < 4.78 is 7.58. The van der Waals surface area contributed by atoms with Crippen molar-refractivity contribution in [3.8, 4) is 5.69 Å². The molecule has 2 aromatic heterocycles. The number of benzene rings is 1. The molecule has 1 amide bonds. The maximum Gasteiger partial charge on any atom is 0.411 e. The first-order valence-electron chi connectivity index (χ1n) is 11.5. The molecule has 0 spiro atoms. The fraction of sp³-hybridized carbons (Fsp3) is 0.385. The summed E-state index contributed by atoms with van der Waals surface area (Å²) in [7, 11) is 0. The third kappa shape index (κ3) is 4.44. The second-order valence-electron chi connectivity index (χ2n) is 9.91. The number of fused-ring (bicyclic) bond motifs is 3. The Morgan fingerprint density at radius 1 is 1.18 bits per heavy atom. The van der Waals surface area contributed by atoms with E-state index in [0.717, 1.165) is 35.3 Å². The Balaban J connectivity index is 1.46. The smallest absolute Gasteiger partial charge is 0.411 e. The fourth-order valence-corrected chi connectivity index (χ4v) is 4.84. The molecule has 1 aliphatic heterocycles. The van der Waals surface area contributed by atoms with E-state index in [2.05, 4.69) is 39.5 Å². The number of ether oxygens (including phenoxy) is 1. The molecule has 0 saturated carbocycles. The molecule has 5 rings (SSSR count). The number of hydrogen-bond acceptors (Lipinski definition) is 5. The van der Waals surface area contributed by atoms with Crippen molar-refractivity contribution in [2.75, 3.05) is 0 Å². The number of amides is 1. The van der Waals surface area contributed by atoms with Crippen LogP contribution in [0, 0.1) is 0 Å². The van der Waals surface area contributed by atoms with Crippen LogP contribution in [-0.4, -0.2) is 36.3 Å². The monoisotopic (exact) mass is 477 g/mol. The molecule has 3 aromatic rings. The van der Waals surface area contributed by atoms with Gasteiger partial charge in [0.25, 0.3) is 0 Å². The van der Waals surface area contributed by atoms with Crippen LogP contribution >= 0.6 is 11.6 Å². The minimum Gasteiger partial charge on any atom is -0.444 e. The first-order valence-corrected chi connectivity index (χ1v) is 11.9. The molecular formula is C26H28ClN5O2. The zero-order valence-electron chi connectivity index (χ0n) is 19.7. The van der Waals surface area contributed by atoms with E-state index in [4.69, 9.17) is 16.3 Å². The van der Waals surface area contributed by atoms with Crippen LogP contribution in [0.15, 0.2) is 55.0 Å². The van der Waals surface area contributed by atoms with Gasteiger partial charge in [-0.25, -0.2) is 4.79 Å². The molecule has 1 aromatic carbocycles. The second-order valence-corrected chi connectivity index (χ2v) is 10.6. The van der Waals surface area contributed by atoms with Crippen LogP contribution in [0.2, 0.25) is 0 Å². The fourth-order valence-electron chi connectivity index (χ4n) is 4.55. The lowest BCUT2D eigenvalue weighted by Crippen LogP contribution is -2.36. The highest BCUT2D eigenvalue weighted by Crippen LogP contribution is 2.45. The van der Waals surface area contributed by atoms with E-state index in [1.54, 1.807) is 11.2 Å². The Hall–Kier alpha value is -3.19. The minimum atomic E-state index is -0.582. The molecule has 1 atom stereocenters. The number of halogens is 1. The number of allylic oxidation sites excluding steroid dienone is 2. The average Bonchev–Trinajstić information content (AvgIpc) is 3.20. The Labute approximate surface area is 204 Å². The summed E-state index contributed by atoms with van der Waals surface area (Å²) >= 11 is 7.20. The zero-order valence-corrected chi connectivity index (χ0v) is 20.4. The first kappa shape index (κ1) is 22.6. The lowest BCUT2D eigenvalue weighted by molar-refractivity contribution is 0.0214. The number of aromatic nitrogens is 4. The number of hydrogen-bond donors (Lipinski definition) is 0. The van der Waals surface area contributed by atoms with Gasteiger partial charge in [-0.3, -0.25) is 14.5 Å². The Morgan fingerprint density at radius 3 is 2.74 bits per heavy atom. The highest BCUT2D eigenvalue weighted by molar-refractivity contribution is 6.24. The molecule has 0 saturated heterocycles. The molecule has 1 unspecified atom stereocenters. The molecule has 7 nitrogen and oxygen atoms in total. The van der Waals surface area contributed by atoms with Crippen LogP contribution < -0.4 is 0 Å². The Morgan fingerprint density at radius 2 is 2.03 bits per heavy atom. The molecule has 0 bridgehead atoms. The van der Waals surface area contributed by atoms with E-state index in [-0.39, 0.29) is 6.09 Å². The summed E-state index contributed by atoms with van der Waals surface area (Å²) in [5.74, 6) is 0.693. The van der Waals surface area contributed by atoms with Crippen LogP contribution in [0.1, 0.15) is 62.7 Å². The van der Waals surface area contributed by atoms with Gasteiger partial charge in [-0.15, -0.1) is 21.8 Å². The summed E-state index contributed by atoms with van der Waals surface area (Å²) in [4.78, 5) is 18.6. The molecule has 0 fully saturated rings. The zero-order chi connectivity index (χ0) is 23.9. The standard InChI is InChI=1S/C26H28ClN5O2/c1-25(2,3)34-24(33)31-15-19-14-20(7-8-22(19)32-17-29-30-23(32)16-31)26(27)11-9-18(10-12-26)21-6-4-5-13-28-21/h4-9,13-14,17H,10-12,15-16H2,1-3H3. The molecule has 176 valence electrons. The van der Waals surface area contributed by atoms with Gasteiger partial charge >= 0.3 is 6.09 Å². The molecule has 2 aliphatic rings. The quantitative estimate of drug-likeness (QED) is 0.448. The SMILES string of the molecule is CC(C)(C)OC(=O)N1Cc2cc(C3(Cl)CC=C(c4ccccn4)CC3)ccc2-n2cnnc2C1. The van der Waals surface area contributed by atoms with Crippen molar-refractivity contribution in [1.82, 2.24) is 24.6 Å². The normalized spacial score (nSPS) is 20.1. The number of alkyl halides is 1. The summed E-state index contributed by atoms with van der Waals surface area (Å²) in [5, 5.41) is 8.30. The Bertz CT molecular complexity index is 1250. The lowest BCUT2D eigenvalue weighted by atomic mass is 9.82. The van der Waals surface area contributed by atoms with E-state index in [0.29, 0.717) is 25.3 Å². The van der Waals surface area contributed by atoms with Crippen LogP contribution in [0.4, 0.5) is 4.79 Å². The van der Waals surface area contributed by atoms with E-state index >= 15 is 0 Å². The second kappa shape index (κ2) is 8.55. The first-order chi connectivity index (χ1) is 16.2. The van der Waals surface area contributed by atoms with Crippen LogP contribution in [-0.2, 0) is 22.7 Å². The number of carbonyl (C=O) groups excluding carboxylic acids is 1.